The molecule has 0 aromatic heterocycles. The van der Waals surface area contributed by atoms with Crippen molar-refractivity contribution < 1.29 is 13.2 Å². The van der Waals surface area contributed by atoms with Crippen molar-refractivity contribution >= 4 is 23.4 Å². The molecule has 0 heterocycles. The lowest BCUT2D eigenvalue weighted by molar-refractivity contribution is -0.113. The molecule has 1 aromatic carbocycles. The highest BCUT2D eigenvalue weighted by atomic mass is 35.5. The molecule has 0 N–H and O–H groups in total. The molecule has 5 heteroatoms. The zero-order chi connectivity index (χ0) is 9.90. The highest BCUT2D eigenvalue weighted by Gasteiger charge is 2.38. The SMILES string of the molecule is FC(F)(F)C(Cl)Sc1ccccc1. The Bertz CT molecular complexity index is 260. The lowest BCUT2D eigenvalue weighted by Crippen LogP contribution is -2.19. The summed E-state index contributed by atoms with van der Waals surface area (Å²) in [5.74, 6) is 0. The molecule has 1 aromatic rings. The van der Waals surface area contributed by atoms with Crippen molar-refractivity contribution in [1.29, 1.82) is 0 Å². The Morgan fingerprint density at radius 1 is 1.15 bits per heavy atom. The van der Waals surface area contributed by atoms with Crippen LogP contribution in [0.1, 0.15) is 0 Å². The van der Waals surface area contributed by atoms with E-state index in [9.17, 15) is 13.2 Å². The lowest BCUT2D eigenvalue weighted by atomic mass is 10.4. The Kier molecular flexibility index (Phi) is 3.50. The summed E-state index contributed by atoms with van der Waals surface area (Å²) in [6, 6.07) is 8.25. The molecule has 1 unspecified atom stereocenters. The van der Waals surface area contributed by atoms with Crippen LogP contribution in [0.5, 0.6) is 0 Å². The first-order valence-electron chi connectivity index (χ1n) is 3.42. The first kappa shape index (κ1) is 10.7. The zero-order valence-corrected chi connectivity index (χ0v) is 7.96. The third-order valence-corrected chi connectivity index (χ3v) is 2.77. The van der Waals surface area contributed by atoms with Crippen molar-refractivity contribution in [2.45, 2.75) is 15.8 Å². The number of thioether (sulfide) groups is 1. The van der Waals surface area contributed by atoms with Crippen LogP contribution in [0, 0.1) is 0 Å². The molecule has 0 aliphatic carbocycles. The molecule has 0 spiro atoms. The van der Waals surface area contributed by atoms with Crippen LogP contribution in [0.15, 0.2) is 35.2 Å². The number of rotatable bonds is 2. The van der Waals surface area contributed by atoms with Gasteiger partial charge in [0.1, 0.15) is 0 Å². The number of alkyl halides is 4. The average molecular weight is 227 g/mol. The monoisotopic (exact) mass is 226 g/mol. The predicted octanol–water partition coefficient (Wildman–Crippen LogP) is 3.91. The Balaban J connectivity index is 2.61. The second-order valence-corrected chi connectivity index (χ2v) is 4.16. The second kappa shape index (κ2) is 4.24. The summed E-state index contributed by atoms with van der Waals surface area (Å²) in [4.78, 5) is 0.514. The summed E-state index contributed by atoms with van der Waals surface area (Å²) >= 11 is 5.72. The van der Waals surface area contributed by atoms with Crippen molar-refractivity contribution in [2.24, 2.45) is 0 Å². The van der Waals surface area contributed by atoms with E-state index < -0.39 is 10.9 Å². The van der Waals surface area contributed by atoms with Gasteiger partial charge in [0.25, 0.3) is 0 Å². The van der Waals surface area contributed by atoms with E-state index in [1.54, 1.807) is 30.3 Å². The smallest absolute Gasteiger partial charge is 0.168 e. The average Bonchev–Trinajstić information content (AvgIpc) is 2.04. The van der Waals surface area contributed by atoms with Gasteiger partial charge in [0, 0.05) is 4.90 Å². The summed E-state index contributed by atoms with van der Waals surface area (Å²) in [6.07, 6.45) is -4.36. The van der Waals surface area contributed by atoms with Gasteiger partial charge in [0.05, 0.1) is 0 Å². The second-order valence-electron chi connectivity index (χ2n) is 2.29. The Hall–Kier alpha value is -0.350. The Morgan fingerprint density at radius 2 is 1.69 bits per heavy atom. The molecular weight excluding hydrogens is 221 g/mol. The maximum absolute atomic E-state index is 12.0. The molecule has 0 aliphatic rings. The van der Waals surface area contributed by atoms with Crippen molar-refractivity contribution in [2.75, 3.05) is 0 Å². The molecule has 1 rings (SSSR count). The number of hydrogen-bond acceptors (Lipinski definition) is 1. The van der Waals surface area contributed by atoms with Crippen LogP contribution in [0.25, 0.3) is 0 Å². The summed E-state index contributed by atoms with van der Waals surface area (Å²) in [7, 11) is 0. The van der Waals surface area contributed by atoms with E-state index in [1.165, 1.54) is 0 Å². The maximum Gasteiger partial charge on any atom is 0.414 e. The van der Waals surface area contributed by atoms with Crippen molar-refractivity contribution in [1.82, 2.24) is 0 Å². The molecule has 0 radical (unpaired) electrons. The normalized spacial score (nSPS) is 14.2. The van der Waals surface area contributed by atoms with E-state index in [0.29, 0.717) is 16.7 Å². The molecule has 1 atom stereocenters. The van der Waals surface area contributed by atoms with Gasteiger partial charge in [-0.25, -0.2) is 0 Å². The van der Waals surface area contributed by atoms with Gasteiger partial charge < -0.3 is 0 Å². The molecule has 0 nitrogen and oxygen atoms in total. The molecule has 0 aliphatic heterocycles. The predicted molar refractivity (Wildman–Crippen MR) is 48.0 cm³/mol. The summed E-state index contributed by atoms with van der Waals surface area (Å²) in [6.45, 7) is 0. The first-order chi connectivity index (χ1) is 6.00. The minimum Gasteiger partial charge on any atom is -0.168 e. The van der Waals surface area contributed by atoms with Crippen molar-refractivity contribution in [3.63, 3.8) is 0 Å². The third kappa shape index (κ3) is 3.48. The Labute approximate surface area is 83.1 Å². The van der Waals surface area contributed by atoms with Crippen LogP contribution in [-0.4, -0.2) is 10.9 Å². The van der Waals surface area contributed by atoms with Crippen LogP contribution in [0.2, 0.25) is 0 Å². The van der Waals surface area contributed by atoms with Gasteiger partial charge in [-0.2, -0.15) is 13.2 Å². The number of hydrogen-bond donors (Lipinski definition) is 0. The molecule has 0 saturated carbocycles. The van der Waals surface area contributed by atoms with Gasteiger partial charge in [-0.05, 0) is 12.1 Å². The first-order valence-corrected chi connectivity index (χ1v) is 4.74. The van der Waals surface area contributed by atoms with Gasteiger partial charge in [-0.3, -0.25) is 0 Å². The minimum atomic E-state index is -4.36. The van der Waals surface area contributed by atoms with Gasteiger partial charge in [-0.15, -0.1) is 11.6 Å². The van der Waals surface area contributed by atoms with E-state index in [4.69, 9.17) is 11.6 Å². The molecular formula is C8H6ClF3S. The van der Waals surface area contributed by atoms with E-state index >= 15 is 0 Å². The summed E-state index contributed by atoms with van der Waals surface area (Å²) < 4.78 is 34.1. The van der Waals surface area contributed by atoms with Crippen LogP contribution >= 0.6 is 23.4 Å². The van der Waals surface area contributed by atoms with E-state index in [0.717, 1.165) is 0 Å². The standard InChI is InChI=1S/C8H6ClF3S/c9-7(8(10,11)12)13-6-4-2-1-3-5-6/h1-5,7H. The van der Waals surface area contributed by atoms with E-state index in [2.05, 4.69) is 0 Å². The number of halogens is 4. The Morgan fingerprint density at radius 3 is 2.15 bits per heavy atom. The fraction of sp³-hybridized carbons (Fsp3) is 0.250. The highest BCUT2D eigenvalue weighted by Crippen LogP contribution is 2.37. The topological polar surface area (TPSA) is 0 Å². The van der Waals surface area contributed by atoms with E-state index in [-0.39, 0.29) is 0 Å². The maximum atomic E-state index is 12.0. The summed E-state index contributed by atoms with van der Waals surface area (Å²) in [5.41, 5.74) is 0. The van der Waals surface area contributed by atoms with Crippen LogP contribution in [0.4, 0.5) is 13.2 Å². The van der Waals surface area contributed by atoms with Crippen LogP contribution in [0.3, 0.4) is 0 Å². The molecule has 0 bridgehead atoms. The van der Waals surface area contributed by atoms with Gasteiger partial charge in [0.2, 0.25) is 0 Å². The van der Waals surface area contributed by atoms with Gasteiger partial charge in [-0.1, -0.05) is 30.0 Å². The number of benzene rings is 1. The fourth-order valence-electron chi connectivity index (χ4n) is 0.685. The molecule has 0 amide bonds. The largest absolute Gasteiger partial charge is 0.414 e. The molecule has 0 fully saturated rings. The lowest BCUT2D eigenvalue weighted by Gasteiger charge is -2.12. The minimum absolute atomic E-state index is 0.514. The third-order valence-electron chi connectivity index (χ3n) is 1.24. The van der Waals surface area contributed by atoms with E-state index in [1.807, 2.05) is 0 Å². The van der Waals surface area contributed by atoms with Crippen molar-refractivity contribution in [3.05, 3.63) is 30.3 Å². The molecule has 72 valence electrons. The van der Waals surface area contributed by atoms with Crippen LogP contribution < -0.4 is 0 Å². The molecule has 13 heavy (non-hydrogen) atoms. The summed E-state index contributed by atoms with van der Waals surface area (Å²) in [5, 5.41) is 0. The van der Waals surface area contributed by atoms with Crippen molar-refractivity contribution in [3.8, 4) is 0 Å². The van der Waals surface area contributed by atoms with Crippen LogP contribution in [-0.2, 0) is 0 Å². The quantitative estimate of drug-likeness (QED) is 0.544. The molecule has 0 saturated heterocycles. The highest BCUT2D eigenvalue weighted by molar-refractivity contribution is 8.01. The zero-order valence-electron chi connectivity index (χ0n) is 6.38. The fourth-order valence-corrected chi connectivity index (χ4v) is 1.68. The van der Waals surface area contributed by atoms with Gasteiger partial charge in [0.15, 0.2) is 4.71 Å². The van der Waals surface area contributed by atoms with Gasteiger partial charge >= 0.3 is 6.18 Å².